The summed E-state index contributed by atoms with van der Waals surface area (Å²) in [4.78, 5) is 26.5. The van der Waals surface area contributed by atoms with Gasteiger partial charge in [0.1, 0.15) is 18.2 Å². The molecular formula is C35H36ClFN2O5S. The van der Waals surface area contributed by atoms with E-state index in [1.165, 1.54) is 24.3 Å². The van der Waals surface area contributed by atoms with Crippen molar-refractivity contribution in [2.75, 3.05) is 0 Å². The predicted octanol–water partition coefficient (Wildman–Crippen LogP) is 7.32. The average molecular weight is 651 g/mol. The number of halogens is 2. The normalized spacial score (nSPS) is 12.0. The Bertz CT molecular complexity index is 1750. The Hall–Kier alpha value is -4.21. The van der Waals surface area contributed by atoms with Gasteiger partial charge in [-0.05, 0) is 90.4 Å². The number of aryl methyl sites for hydroxylation is 2. The van der Waals surface area contributed by atoms with Gasteiger partial charge in [0.15, 0.2) is 0 Å². The maximum atomic E-state index is 13.8. The van der Waals surface area contributed by atoms with Crippen molar-refractivity contribution in [1.82, 2.24) is 10.0 Å². The highest BCUT2D eigenvalue weighted by atomic mass is 35.5. The quantitative estimate of drug-likeness (QED) is 0.158. The van der Waals surface area contributed by atoms with Crippen molar-refractivity contribution in [3.8, 4) is 5.75 Å². The van der Waals surface area contributed by atoms with Crippen molar-refractivity contribution in [1.29, 1.82) is 0 Å². The lowest BCUT2D eigenvalue weighted by atomic mass is 9.95. The summed E-state index contributed by atoms with van der Waals surface area (Å²) in [6.07, 6.45) is 0.531. The van der Waals surface area contributed by atoms with E-state index in [1.807, 2.05) is 50.2 Å². The fourth-order valence-electron chi connectivity index (χ4n) is 4.76. The fraction of sp³-hybridized carbons (Fsp3) is 0.257. The first kappa shape index (κ1) is 33.7. The van der Waals surface area contributed by atoms with E-state index in [1.54, 1.807) is 37.3 Å². The average Bonchev–Trinajstić information content (AvgIpc) is 3.00. The van der Waals surface area contributed by atoms with Crippen LogP contribution >= 0.6 is 11.6 Å². The SMILES string of the molecule is Cc1ccc(S(=O)(=O)NC(=O)CCc2ccc(COc3ccccc3)cc2C(=O)NC(CC(C)C)c2ccc(F)cc2)cc1Cl. The van der Waals surface area contributed by atoms with Crippen LogP contribution < -0.4 is 14.8 Å². The molecule has 4 aromatic carbocycles. The lowest BCUT2D eigenvalue weighted by Gasteiger charge is -2.22. The van der Waals surface area contributed by atoms with E-state index in [2.05, 4.69) is 10.0 Å². The molecule has 0 heterocycles. The van der Waals surface area contributed by atoms with Crippen LogP contribution in [0.2, 0.25) is 5.02 Å². The zero-order valence-electron chi connectivity index (χ0n) is 25.3. The molecule has 0 aliphatic heterocycles. The van der Waals surface area contributed by atoms with Crippen molar-refractivity contribution in [3.05, 3.63) is 130 Å². The van der Waals surface area contributed by atoms with Crippen molar-refractivity contribution >= 4 is 33.4 Å². The summed E-state index contributed by atoms with van der Waals surface area (Å²) in [7, 11) is -4.14. The largest absolute Gasteiger partial charge is 0.489 e. The van der Waals surface area contributed by atoms with E-state index in [4.69, 9.17) is 16.3 Å². The number of para-hydroxylation sites is 1. The molecule has 10 heteroatoms. The van der Waals surface area contributed by atoms with Crippen LogP contribution in [0.1, 0.15) is 65.3 Å². The molecule has 4 aromatic rings. The van der Waals surface area contributed by atoms with Crippen molar-refractivity contribution in [2.45, 2.75) is 57.6 Å². The number of carbonyl (C=O) groups is 2. The van der Waals surface area contributed by atoms with Gasteiger partial charge in [0.2, 0.25) is 5.91 Å². The molecule has 2 amide bonds. The number of amides is 2. The molecule has 45 heavy (non-hydrogen) atoms. The summed E-state index contributed by atoms with van der Waals surface area (Å²) in [5.74, 6) is -0.553. The van der Waals surface area contributed by atoms with Gasteiger partial charge in [0, 0.05) is 17.0 Å². The molecule has 0 spiro atoms. The van der Waals surface area contributed by atoms with Gasteiger partial charge in [-0.2, -0.15) is 0 Å². The number of sulfonamides is 1. The van der Waals surface area contributed by atoms with Gasteiger partial charge < -0.3 is 10.1 Å². The lowest BCUT2D eigenvalue weighted by molar-refractivity contribution is -0.119. The molecule has 0 aromatic heterocycles. The van der Waals surface area contributed by atoms with Crippen LogP contribution in [-0.4, -0.2) is 20.2 Å². The summed E-state index contributed by atoms with van der Waals surface area (Å²) < 4.78 is 47.2. The second-order valence-corrected chi connectivity index (χ2v) is 13.3. The first-order valence-electron chi connectivity index (χ1n) is 14.6. The van der Waals surface area contributed by atoms with Gasteiger partial charge in [-0.15, -0.1) is 0 Å². The van der Waals surface area contributed by atoms with Crippen LogP contribution in [0, 0.1) is 18.7 Å². The molecule has 1 unspecified atom stereocenters. The monoisotopic (exact) mass is 650 g/mol. The molecule has 2 N–H and O–H groups in total. The van der Waals surface area contributed by atoms with Crippen LogP contribution in [0.15, 0.2) is 95.9 Å². The summed E-state index contributed by atoms with van der Waals surface area (Å²) in [5.41, 5.74) is 3.10. The van der Waals surface area contributed by atoms with E-state index in [-0.39, 0.29) is 53.1 Å². The van der Waals surface area contributed by atoms with Gasteiger partial charge in [-0.25, -0.2) is 17.5 Å². The second-order valence-electron chi connectivity index (χ2n) is 11.2. The molecule has 0 bridgehead atoms. The van der Waals surface area contributed by atoms with Crippen LogP contribution in [0.5, 0.6) is 5.75 Å². The first-order valence-corrected chi connectivity index (χ1v) is 16.4. The van der Waals surface area contributed by atoms with Gasteiger partial charge >= 0.3 is 0 Å². The maximum absolute atomic E-state index is 13.8. The van der Waals surface area contributed by atoms with Crippen LogP contribution in [0.3, 0.4) is 0 Å². The number of hydrogen-bond donors (Lipinski definition) is 2. The fourth-order valence-corrected chi connectivity index (χ4v) is 6.04. The van der Waals surface area contributed by atoms with Crippen LogP contribution in [0.25, 0.3) is 0 Å². The number of rotatable bonds is 13. The van der Waals surface area contributed by atoms with Crippen molar-refractivity contribution < 1.29 is 27.1 Å². The minimum Gasteiger partial charge on any atom is -0.489 e. The number of ether oxygens (including phenoxy) is 1. The maximum Gasteiger partial charge on any atom is 0.264 e. The second kappa shape index (κ2) is 15.2. The zero-order chi connectivity index (χ0) is 32.6. The Balaban J connectivity index is 1.55. The number of nitrogens with one attached hydrogen (secondary N) is 2. The van der Waals surface area contributed by atoms with Crippen molar-refractivity contribution in [3.63, 3.8) is 0 Å². The third-order valence-corrected chi connectivity index (χ3v) is 8.95. The molecule has 0 aliphatic rings. The van der Waals surface area contributed by atoms with E-state index in [0.29, 0.717) is 28.9 Å². The minimum atomic E-state index is -4.14. The topological polar surface area (TPSA) is 102 Å². The molecule has 7 nitrogen and oxygen atoms in total. The molecule has 1 atom stereocenters. The molecule has 0 fully saturated rings. The minimum absolute atomic E-state index is 0.101. The molecule has 236 valence electrons. The van der Waals surface area contributed by atoms with Gasteiger partial charge in [0.05, 0.1) is 10.9 Å². The van der Waals surface area contributed by atoms with Crippen molar-refractivity contribution in [2.24, 2.45) is 5.92 Å². The summed E-state index contributed by atoms with van der Waals surface area (Å²) >= 11 is 6.08. The molecule has 0 aliphatic carbocycles. The molecular weight excluding hydrogens is 615 g/mol. The van der Waals surface area contributed by atoms with Gasteiger partial charge in [-0.3, -0.25) is 9.59 Å². The number of hydrogen-bond acceptors (Lipinski definition) is 5. The Labute approximate surface area is 268 Å². The highest BCUT2D eigenvalue weighted by molar-refractivity contribution is 7.90. The third-order valence-electron chi connectivity index (χ3n) is 7.18. The molecule has 0 saturated heterocycles. The third kappa shape index (κ3) is 9.64. The Kier molecular flexibility index (Phi) is 11.4. The van der Waals surface area contributed by atoms with Crippen LogP contribution in [-0.2, 0) is 27.8 Å². The first-order chi connectivity index (χ1) is 21.4. The van der Waals surface area contributed by atoms with Gasteiger partial charge in [-0.1, -0.05) is 74.0 Å². The lowest BCUT2D eigenvalue weighted by Crippen LogP contribution is -2.32. The predicted molar refractivity (Wildman–Crippen MR) is 173 cm³/mol. The number of benzene rings is 4. The summed E-state index contributed by atoms with van der Waals surface area (Å²) in [6, 6.07) is 24.4. The highest BCUT2D eigenvalue weighted by Gasteiger charge is 2.22. The molecule has 0 radical (unpaired) electrons. The molecule has 0 saturated carbocycles. The van der Waals surface area contributed by atoms with E-state index >= 15 is 0 Å². The highest BCUT2D eigenvalue weighted by Crippen LogP contribution is 2.25. The van der Waals surface area contributed by atoms with Gasteiger partial charge in [0.25, 0.3) is 15.9 Å². The Morgan fingerprint density at radius 3 is 2.31 bits per heavy atom. The summed E-state index contributed by atoms with van der Waals surface area (Å²) in [6.45, 7) is 6.02. The zero-order valence-corrected chi connectivity index (χ0v) is 26.9. The van der Waals surface area contributed by atoms with Crippen LogP contribution in [0.4, 0.5) is 4.39 Å². The molecule has 4 rings (SSSR count). The summed E-state index contributed by atoms with van der Waals surface area (Å²) in [5, 5.41) is 3.36. The Morgan fingerprint density at radius 2 is 1.64 bits per heavy atom. The van der Waals surface area contributed by atoms with E-state index < -0.39 is 15.9 Å². The standard InChI is InChI=1S/C35H36ClFN2O5S/c1-23(2)19-33(27-12-15-28(37)16-13-27)38-35(41)31-20-25(22-44-29-7-5-4-6-8-29)10-11-26(31)14-18-34(40)39-45(42,43)30-17-9-24(3)32(36)21-30/h4-13,15-17,20-21,23,33H,14,18-19,22H2,1-3H3,(H,38,41)(H,39,40). The smallest absolute Gasteiger partial charge is 0.264 e. The van der Waals surface area contributed by atoms with E-state index in [9.17, 15) is 22.4 Å². The van der Waals surface area contributed by atoms with E-state index in [0.717, 1.165) is 11.1 Å². The number of carbonyl (C=O) groups excluding carboxylic acids is 2. The Morgan fingerprint density at radius 1 is 0.933 bits per heavy atom.